The standard InChI is InChI=1S/C25H36O5/c1-13(2)9-19(27)29-17-12-18(30-20(28)10-14(3)4)25(8)21-15(5)11-16(26)22(25)23(21)24(17,6)7/h10-11,13,17-18,21-23H,9,12H2,1-8H3/t17-,18-,21?,22?,23?,25?/m1/s1. The van der Waals surface area contributed by atoms with E-state index in [-0.39, 0.29) is 35.4 Å². The van der Waals surface area contributed by atoms with Crippen LogP contribution in [0.1, 0.15) is 68.2 Å². The number of ketones is 1. The maximum Gasteiger partial charge on any atom is 0.330 e. The van der Waals surface area contributed by atoms with Gasteiger partial charge in [0.25, 0.3) is 0 Å². The highest BCUT2D eigenvalue weighted by molar-refractivity contribution is 5.97. The van der Waals surface area contributed by atoms with Crippen LogP contribution in [0.5, 0.6) is 0 Å². The van der Waals surface area contributed by atoms with E-state index in [1.807, 2.05) is 34.6 Å². The molecule has 4 bridgehead atoms. The third-order valence-corrected chi connectivity index (χ3v) is 7.55. The lowest BCUT2D eigenvalue weighted by atomic mass is 9.37. The van der Waals surface area contributed by atoms with Crippen LogP contribution in [0.2, 0.25) is 0 Å². The van der Waals surface area contributed by atoms with Crippen LogP contribution in [0.4, 0.5) is 0 Å². The van der Waals surface area contributed by atoms with Crippen molar-refractivity contribution in [2.45, 2.75) is 80.4 Å². The van der Waals surface area contributed by atoms with Crippen molar-refractivity contribution in [2.75, 3.05) is 0 Å². The van der Waals surface area contributed by atoms with Crippen molar-refractivity contribution in [3.8, 4) is 0 Å². The molecule has 166 valence electrons. The number of rotatable bonds is 5. The molecule has 2 fully saturated rings. The van der Waals surface area contributed by atoms with E-state index in [4.69, 9.17) is 9.47 Å². The van der Waals surface area contributed by atoms with Gasteiger partial charge in [0.05, 0.1) is 0 Å². The van der Waals surface area contributed by atoms with Crippen LogP contribution in [-0.4, -0.2) is 29.9 Å². The molecule has 2 saturated carbocycles. The van der Waals surface area contributed by atoms with Gasteiger partial charge in [-0.25, -0.2) is 4.79 Å². The zero-order valence-electron chi connectivity index (χ0n) is 19.6. The molecule has 5 nitrogen and oxygen atoms in total. The number of ether oxygens (including phenoxy) is 2. The van der Waals surface area contributed by atoms with E-state index < -0.39 is 29.0 Å². The van der Waals surface area contributed by atoms with E-state index in [1.54, 1.807) is 6.08 Å². The van der Waals surface area contributed by atoms with Crippen LogP contribution in [0, 0.1) is 34.5 Å². The quantitative estimate of drug-likeness (QED) is 0.482. The highest BCUT2D eigenvalue weighted by Gasteiger charge is 2.74. The fourth-order valence-electron chi connectivity index (χ4n) is 6.25. The summed E-state index contributed by atoms with van der Waals surface area (Å²) in [5.74, 6) is -0.339. The van der Waals surface area contributed by atoms with Gasteiger partial charge in [0, 0.05) is 35.7 Å². The number of carbonyl (C=O) groups excluding carboxylic acids is 3. The number of hydrogen-bond acceptors (Lipinski definition) is 5. The lowest BCUT2D eigenvalue weighted by Gasteiger charge is -2.65. The SMILES string of the molecule is CC(C)=CC(=O)O[C@@H]1C[C@@H](OC(=O)CC(C)C)C(C)(C)C2C3C(=O)C=C(C)C2C31C. The molecule has 0 N–H and O–H groups in total. The van der Waals surface area contributed by atoms with E-state index in [1.165, 1.54) is 6.08 Å². The predicted molar refractivity (Wildman–Crippen MR) is 114 cm³/mol. The number of allylic oxidation sites excluding steroid dienone is 3. The second-order valence-corrected chi connectivity index (χ2v) is 10.9. The average molecular weight is 417 g/mol. The highest BCUT2D eigenvalue weighted by Crippen LogP contribution is 2.72. The number of carbonyl (C=O) groups is 3. The summed E-state index contributed by atoms with van der Waals surface area (Å²) in [6, 6.07) is 0. The number of fused-ring (bicyclic) bond motifs is 1. The molecule has 0 aromatic rings. The first-order valence-electron chi connectivity index (χ1n) is 11.1. The van der Waals surface area contributed by atoms with Crippen molar-refractivity contribution < 1.29 is 23.9 Å². The van der Waals surface area contributed by atoms with Crippen LogP contribution < -0.4 is 0 Å². The Morgan fingerprint density at radius 1 is 1.13 bits per heavy atom. The zero-order valence-corrected chi connectivity index (χ0v) is 19.6. The van der Waals surface area contributed by atoms with E-state index in [0.717, 1.165) is 11.1 Å². The van der Waals surface area contributed by atoms with Gasteiger partial charge in [0.1, 0.15) is 12.2 Å². The molecule has 0 radical (unpaired) electrons. The molecule has 0 aromatic heterocycles. The van der Waals surface area contributed by atoms with Crippen LogP contribution in [-0.2, 0) is 23.9 Å². The van der Waals surface area contributed by atoms with Crippen LogP contribution in [0.25, 0.3) is 0 Å². The topological polar surface area (TPSA) is 69.7 Å². The van der Waals surface area contributed by atoms with E-state index in [2.05, 4.69) is 20.8 Å². The normalized spacial score (nSPS) is 36.2. The fraction of sp³-hybridized carbons (Fsp3) is 0.720. The second-order valence-electron chi connectivity index (χ2n) is 10.9. The van der Waals surface area contributed by atoms with Gasteiger partial charge in [-0.05, 0) is 44.6 Å². The monoisotopic (exact) mass is 416 g/mol. The Hall–Kier alpha value is -1.91. The highest BCUT2D eigenvalue weighted by atomic mass is 16.6. The predicted octanol–water partition coefficient (Wildman–Crippen LogP) is 4.65. The summed E-state index contributed by atoms with van der Waals surface area (Å²) in [5.41, 5.74) is 1.03. The minimum absolute atomic E-state index is 0.0732. The minimum Gasteiger partial charge on any atom is -0.462 e. The molecule has 3 rings (SSSR count). The summed E-state index contributed by atoms with van der Waals surface area (Å²) in [4.78, 5) is 38.2. The zero-order chi connectivity index (χ0) is 22.6. The Morgan fingerprint density at radius 2 is 1.77 bits per heavy atom. The second kappa shape index (κ2) is 7.65. The van der Waals surface area contributed by atoms with Crippen molar-refractivity contribution in [1.29, 1.82) is 0 Å². The lowest BCUT2D eigenvalue weighted by molar-refractivity contribution is -0.202. The van der Waals surface area contributed by atoms with Crippen LogP contribution in [0.15, 0.2) is 23.3 Å². The molecule has 5 heteroatoms. The van der Waals surface area contributed by atoms with Crippen molar-refractivity contribution >= 4 is 17.7 Å². The minimum atomic E-state index is -0.488. The molecule has 0 spiro atoms. The first-order chi connectivity index (χ1) is 13.8. The van der Waals surface area contributed by atoms with Crippen LogP contribution in [0.3, 0.4) is 0 Å². The molecule has 3 aliphatic carbocycles. The maximum atomic E-state index is 13.0. The summed E-state index contributed by atoms with van der Waals surface area (Å²) >= 11 is 0. The Morgan fingerprint density at radius 3 is 2.30 bits per heavy atom. The molecule has 0 aromatic carbocycles. The van der Waals surface area contributed by atoms with Gasteiger partial charge in [0.15, 0.2) is 5.78 Å². The van der Waals surface area contributed by atoms with Crippen molar-refractivity contribution in [3.63, 3.8) is 0 Å². The summed E-state index contributed by atoms with van der Waals surface area (Å²) in [7, 11) is 0. The Balaban J connectivity index is 2.01. The Kier molecular flexibility index (Phi) is 5.81. The molecule has 0 amide bonds. The third kappa shape index (κ3) is 3.54. The molecule has 0 aliphatic heterocycles. The molecule has 0 heterocycles. The van der Waals surface area contributed by atoms with Gasteiger partial charge in [-0.3, -0.25) is 9.59 Å². The van der Waals surface area contributed by atoms with Gasteiger partial charge in [0.2, 0.25) is 0 Å². The summed E-state index contributed by atoms with van der Waals surface area (Å²) in [6.45, 7) is 15.9. The van der Waals surface area contributed by atoms with Gasteiger partial charge in [-0.15, -0.1) is 0 Å². The summed E-state index contributed by atoms with van der Waals surface area (Å²) < 4.78 is 12.0. The molecule has 4 unspecified atom stereocenters. The first-order valence-corrected chi connectivity index (χ1v) is 11.1. The van der Waals surface area contributed by atoms with Crippen molar-refractivity contribution in [3.05, 3.63) is 23.3 Å². The maximum absolute atomic E-state index is 13.0. The smallest absolute Gasteiger partial charge is 0.330 e. The average Bonchev–Trinajstić information content (AvgIpc) is 2.66. The Labute approximate surface area is 180 Å². The number of esters is 2. The molecular weight excluding hydrogens is 380 g/mol. The molecule has 6 atom stereocenters. The van der Waals surface area contributed by atoms with E-state index in [0.29, 0.717) is 12.8 Å². The van der Waals surface area contributed by atoms with Gasteiger partial charge >= 0.3 is 11.9 Å². The van der Waals surface area contributed by atoms with Gasteiger partial charge < -0.3 is 9.47 Å². The first kappa shape index (κ1) is 22.8. The molecule has 3 aliphatic rings. The molecular formula is C25H36O5. The Bertz CT molecular complexity index is 813. The van der Waals surface area contributed by atoms with Crippen LogP contribution >= 0.6 is 0 Å². The van der Waals surface area contributed by atoms with E-state index in [9.17, 15) is 14.4 Å². The molecule has 0 saturated heterocycles. The van der Waals surface area contributed by atoms with Gasteiger partial charge in [-0.2, -0.15) is 0 Å². The van der Waals surface area contributed by atoms with E-state index >= 15 is 0 Å². The van der Waals surface area contributed by atoms with Crippen molar-refractivity contribution in [1.82, 2.24) is 0 Å². The lowest BCUT2D eigenvalue weighted by Crippen LogP contribution is -2.67. The number of hydrogen-bond donors (Lipinski definition) is 0. The summed E-state index contributed by atoms with van der Waals surface area (Å²) in [6.07, 6.45) is 3.10. The van der Waals surface area contributed by atoms with Gasteiger partial charge in [-0.1, -0.05) is 45.8 Å². The summed E-state index contributed by atoms with van der Waals surface area (Å²) in [5, 5.41) is 0. The van der Waals surface area contributed by atoms with Crippen molar-refractivity contribution in [2.24, 2.45) is 34.5 Å². The third-order valence-electron chi connectivity index (χ3n) is 7.55. The largest absolute Gasteiger partial charge is 0.462 e. The fourth-order valence-corrected chi connectivity index (χ4v) is 6.25. The molecule has 30 heavy (non-hydrogen) atoms.